The maximum atomic E-state index is 14.1. The lowest BCUT2D eigenvalue weighted by molar-refractivity contribution is -0.137. The number of primary amides is 1. The fraction of sp³-hybridized carbons (Fsp3) is 0.222. The van der Waals surface area contributed by atoms with E-state index in [2.05, 4.69) is 30.8 Å². The highest BCUT2D eigenvalue weighted by molar-refractivity contribution is 6.04. The van der Waals surface area contributed by atoms with Crippen LogP contribution in [0.1, 0.15) is 35.2 Å². The van der Waals surface area contributed by atoms with E-state index in [-0.39, 0.29) is 33.9 Å². The van der Waals surface area contributed by atoms with Crippen LogP contribution in [0.3, 0.4) is 0 Å². The Morgan fingerprint density at radius 2 is 1.70 bits per heavy atom. The fourth-order valence-corrected chi connectivity index (χ4v) is 4.66. The number of benzene rings is 2. The predicted molar refractivity (Wildman–Crippen MR) is 143 cm³/mol. The summed E-state index contributed by atoms with van der Waals surface area (Å²) in [5, 5.41) is 12.4. The van der Waals surface area contributed by atoms with E-state index in [9.17, 15) is 22.8 Å². The van der Waals surface area contributed by atoms with Gasteiger partial charge in [0.2, 0.25) is 0 Å². The number of carbonyl (C=O) groups is 2. The first-order valence-electron chi connectivity index (χ1n) is 12.5. The van der Waals surface area contributed by atoms with Crippen molar-refractivity contribution in [3.8, 4) is 22.4 Å². The lowest BCUT2D eigenvalue weighted by atomic mass is 9.95. The number of anilines is 3. The van der Waals surface area contributed by atoms with E-state index in [4.69, 9.17) is 5.73 Å². The average Bonchev–Trinajstić information content (AvgIpc) is 3.37. The zero-order valence-electron chi connectivity index (χ0n) is 21.1. The molecule has 10 nitrogen and oxygen atoms in total. The standard InChI is InChI=1S/C27H25F3N8O2/c28-27(29,30)18-5-4-6-19(34-26(40)38-13-2-1-3-14-38)21(18)16-7-9-17(10-8-16)23-22(24(31)39)25(37-36-23)35-20-15-32-11-12-33-20/h4-12,15H,1-3,13-14H2,(H2,31,39)(H,34,40)(H2,33,35,36,37). The first-order chi connectivity index (χ1) is 19.2. The molecule has 0 atom stereocenters. The monoisotopic (exact) mass is 550 g/mol. The largest absolute Gasteiger partial charge is 0.417 e. The summed E-state index contributed by atoms with van der Waals surface area (Å²) in [5.41, 5.74) is 5.63. The SMILES string of the molecule is NC(=O)c1c(Nc2cnccn2)n[nH]c1-c1ccc(-c2c(NC(=O)N3CCCCC3)cccc2C(F)(F)F)cc1. The first kappa shape index (κ1) is 26.7. The predicted octanol–water partition coefficient (Wildman–Crippen LogP) is 5.41. The van der Waals surface area contributed by atoms with Crippen LogP contribution < -0.4 is 16.4 Å². The first-order valence-corrected chi connectivity index (χ1v) is 12.5. The van der Waals surface area contributed by atoms with Crippen molar-refractivity contribution in [2.24, 2.45) is 5.73 Å². The minimum absolute atomic E-state index is 0.0450. The molecule has 0 spiro atoms. The number of aromatic amines is 1. The molecule has 2 aromatic carbocycles. The second kappa shape index (κ2) is 11.0. The number of nitrogens with one attached hydrogen (secondary N) is 3. The summed E-state index contributed by atoms with van der Waals surface area (Å²) in [6, 6.07) is 9.31. The Kier molecular flexibility index (Phi) is 7.36. The van der Waals surface area contributed by atoms with Gasteiger partial charge in [-0.2, -0.15) is 18.3 Å². The number of urea groups is 1. The molecule has 2 aromatic heterocycles. The van der Waals surface area contributed by atoms with E-state index in [0.717, 1.165) is 25.3 Å². The summed E-state index contributed by atoms with van der Waals surface area (Å²) in [7, 11) is 0. The molecule has 1 saturated heterocycles. The molecule has 1 fully saturated rings. The number of hydrogen-bond acceptors (Lipinski definition) is 6. The molecule has 3 amide bonds. The number of carbonyl (C=O) groups excluding carboxylic acids is 2. The van der Waals surface area contributed by atoms with Gasteiger partial charge in [-0.25, -0.2) is 9.78 Å². The molecule has 5 N–H and O–H groups in total. The molecule has 0 bridgehead atoms. The van der Waals surface area contributed by atoms with Crippen molar-refractivity contribution in [2.45, 2.75) is 25.4 Å². The van der Waals surface area contributed by atoms with E-state index < -0.39 is 23.7 Å². The van der Waals surface area contributed by atoms with Gasteiger partial charge in [-0.3, -0.25) is 14.9 Å². The maximum absolute atomic E-state index is 14.1. The zero-order chi connectivity index (χ0) is 28.3. The molecular formula is C27H25F3N8O2. The number of H-pyrrole nitrogens is 1. The third-order valence-electron chi connectivity index (χ3n) is 6.54. The number of nitrogens with zero attached hydrogens (tertiary/aromatic N) is 4. The summed E-state index contributed by atoms with van der Waals surface area (Å²) in [5.74, 6) is -0.317. The van der Waals surface area contributed by atoms with Gasteiger partial charge in [0.05, 0.1) is 23.1 Å². The number of halogens is 3. The van der Waals surface area contributed by atoms with Crippen LogP contribution in [0.2, 0.25) is 0 Å². The third-order valence-corrected chi connectivity index (χ3v) is 6.54. The average molecular weight is 551 g/mol. The van der Waals surface area contributed by atoms with Gasteiger partial charge in [0.25, 0.3) is 5.91 Å². The number of likely N-dealkylation sites (tertiary alicyclic amines) is 1. The Balaban J connectivity index is 1.50. The van der Waals surface area contributed by atoms with Crippen LogP contribution in [-0.4, -0.2) is 50.1 Å². The Bertz CT molecular complexity index is 1520. The minimum Gasteiger partial charge on any atom is -0.365 e. The Morgan fingerprint density at radius 3 is 2.35 bits per heavy atom. The zero-order valence-corrected chi connectivity index (χ0v) is 21.1. The fourth-order valence-electron chi connectivity index (χ4n) is 4.66. The number of aromatic nitrogens is 4. The van der Waals surface area contributed by atoms with Crippen LogP contribution in [0.5, 0.6) is 0 Å². The van der Waals surface area contributed by atoms with E-state index in [0.29, 0.717) is 24.5 Å². The second-order valence-electron chi connectivity index (χ2n) is 9.18. The van der Waals surface area contributed by atoms with E-state index in [1.165, 1.54) is 42.9 Å². The van der Waals surface area contributed by atoms with Crippen molar-refractivity contribution in [1.82, 2.24) is 25.1 Å². The highest BCUT2D eigenvalue weighted by atomic mass is 19.4. The number of alkyl halides is 3. The summed E-state index contributed by atoms with van der Waals surface area (Å²) in [6.07, 6.45) is 2.43. The van der Waals surface area contributed by atoms with Gasteiger partial charge in [0, 0.05) is 36.6 Å². The highest BCUT2D eigenvalue weighted by Gasteiger charge is 2.35. The number of amides is 3. The molecular weight excluding hydrogens is 525 g/mol. The number of hydrogen-bond donors (Lipinski definition) is 4. The van der Waals surface area contributed by atoms with E-state index >= 15 is 0 Å². The molecule has 4 aromatic rings. The summed E-state index contributed by atoms with van der Waals surface area (Å²) in [6.45, 7) is 1.10. The van der Waals surface area contributed by atoms with Gasteiger partial charge >= 0.3 is 12.2 Å². The summed E-state index contributed by atoms with van der Waals surface area (Å²) < 4.78 is 42.2. The van der Waals surface area contributed by atoms with Crippen LogP contribution in [0.4, 0.5) is 35.3 Å². The number of nitrogens with two attached hydrogens (primary N) is 1. The number of rotatable bonds is 6. The molecule has 1 aliphatic heterocycles. The van der Waals surface area contributed by atoms with Crippen LogP contribution in [0, 0.1) is 0 Å². The van der Waals surface area contributed by atoms with Crippen molar-refractivity contribution in [3.05, 3.63) is 72.2 Å². The molecule has 206 valence electrons. The van der Waals surface area contributed by atoms with Gasteiger partial charge in [-0.1, -0.05) is 30.3 Å². The molecule has 1 aliphatic rings. The molecule has 13 heteroatoms. The van der Waals surface area contributed by atoms with Crippen molar-refractivity contribution in [1.29, 1.82) is 0 Å². The Labute approximate surface area is 226 Å². The minimum atomic E-state index is -4.66. The molecule has 0 aliphatic carbocycles. The topological polar surface area (TPSA) is 142 Å². The van der Waals surface area contributed by atoms with Gasteiger partial charge in [0.15, 0.2) is 5.82 Å². The molecule has 0 radical (unpaired) electrons. The number of piperidine rings is 1. The van der Waals surface area contributed by atoms with Crippen molar-refractivity contribution < 1.29 is 22.8 Å². The second-order valence-corrected chi connectivity index (χ2v) is 9.18. The molecule has 40 heavy (non-hydrogen) atoms. The summed E-state index contributed by atoms with van der Waals surface area (Å²) >= 11 is 0. The van der Waals surface area contributed by atoms with Gasteiger partial charge in [-0.15, -0.1) is 0 Å². The highest BCUT2D eigenvalue weighted by Crippen LogP contribution is 2.42. The van der Waals surface area contributed by atoms with Crippen molar-refractivity contribution in [2.75, 3.05) is 23.7 Å². The van der Waals surface area contributed by atoms with Gasteiger partial charge in [0.1, 0.15) is 11.4 Å². The molecule has 0 unspecified atom stereocenters. The van der Waals surface area contributed by atoms with Gasteiger partial charge < -0.3 is 21.3 Å². The maximum Gasteiger partial charge on any atom is 0.417 e. The van der Waals surface area contributed by atoms with Gasteiger partial charge in [-0.05, 0) is 37.0 Å². The lowest BCUT2D eigenvalue weighted by Crippen LogP contribution is -2.38. The van der Waals surface area contributed by atoms with E-state index in [1.54, 1.807) is 17.0 Å². The molecule has 5 rings (SSSR count). The van der Waals surface area contributed by atoms with Crippen LogP contribution in [0.15, 0.2) is 61.1 Å². The molecule has 0 saturated carbocycles. The normalized spacial score (nSPS) is 13.6. The Hall–Kier alpha value is -4.94. The third kappa shape index (κ3) is 5.58. The summed E-state index contributed by atoms with van der Waals surface area (Å²) in [4.78, 5) is 34.8. The van der Waals surface area contributed by atoms with E-state index in [1.807, 2.05) is 0 Å². The smallest absolute Gasteiger partial charge is 0.365 e. The van der Waals surface area contributed by atoms with Crippen LogP contribution in [0.25, 0.3) is 22.4 Å². The lowest BCUT2D eigenvalue weighted by Gasteiger charge is -2.27. The quantitative estimate of drug-likeness (QED) is 0.253. The molecule has 3 heterocycles. The van der Waals surface area contributed by atoms with Crippen LogP contribution in [-0.2, 0) is 6.18 Å². The Morgan fingerprint density at radius 1 is 0.975 bits per heavy atom. The van der Waals surface area contributed by atoms with Crippen molar-refractivity contribution >= 4 is 29.3 Å². The van der Waals surface area contributed by atoms with Crippen LogP contribution >= 0.6 is 0 Å². The van der Waals surface area contributed by atoms with Crippen molar-refractivity contribution in [3.63, 3.8) is 0 Å².